The van der Waals surface area contributed by atoms with E-state index in [4.69, 9.17) is 0 Å². The molecule has 1 aromatic rings. The molecule has 0 saturated carbocycles. The number of nitrogens with zero attached hydrogens (tertiary/aromatic N) is 1. The molecule has 0 fully saturated rings. The van der Waals surface area contributed by atoms with E-state index in [1.807, 2.05) is 36.4 Å². The van der Waals surface area contributed by atoms with E-state index in [1.165, 1.54) is 5.56 Å². The summed E-state index contributed by atoms with van der Waals surface area (Å²) < 4.78 is 1.89. The molecule has 0 bridgehead atoms. The van der Waals surface area contributed by atoms with E-state index >= 15 is 0 Å². The van der Waals surface area contributed by atoms with Gasteiger partial charge in [-0.1, -0.05) is 48.5 Å². The number of benzene rings is 1. The molecule has 1 aliphatic carbocycles. The van der Waals surface area contributed by atoms with Gasteiger partial charge in [0.05, 0.1) is 5.69 Å². The molecule has 0 saturated heterocycles. The molecule has 1 aliphatic heterocycles. The van der Waals surface area contributed by atoms with Crippen LogP contribution in [-0.2, 0) is 0 Å². The van der Waals surface area contributed by atoms with E-state index < -0.39 is 0 Å². The summed E-state index contributed by atoms with van der Waals surface area (Å²) in [6.45, 7) is 0. The molecular formula is C15H9Br2N. The number of halogens is 2. The molecule has 1 nitrogen and oxygen atoms in total. The van der Waals surface area contributed by atoms with Gasteiger partial charge < -0.3 is 0 Å². The molecule has 88 valence electrons. The molecule has 1 heterocycles. The van der Waals surface area contributed by atoms with Gasteiger partial charge in [-0.05, 0) is 43.5 Å². The van der Waals surface area contributed by atoms with Crippen LogP contribution in [0.5, 0.6) is 0 Å². The van der Waals surface area contributed by atoms with Crippen LogP contribution < -0.4 is 0 Å². The number of rotatable bonds is 1. The molecule has 3 rings (SSSR count). The first kappa shape index (κ1) is 11.9. The van der Waals surface area contributed by atoms with Crippen LogP contribution in [0.15, 0.2) is 63.7 Å². The lowest BCUT2D eigenvalue weighted by atomic mass is 10.0. The molecule has 0 spiro atoms. The average Bonchev–Trinajstić information content (AvgIpc) is 2.62. The second kappa shape index (κ2) is 4.82. The maximum absolute atomic E-state index is 4.60. The Morgan fingerprint density at radius 1 is 0.778 bits per heavy atom. The van der Waals surface area contributed by atoms with Crippen molar-refractivity contribution in [3.05, 3.63) is 63.7 Å². The smallest absolute Gasteiger partial charge is 0.115 e. The van der Waals surface area contributed by atoms with Crippen molar-refractivity contribution in [1.29, 1.82) is 0 Å². The van der Waals surface area contributed by atoms with Gasteiger partial charge in [0, 0.05) is 15.6 Å². The van der Waals surface area contributed by atoms with Crippen LogP contribution in [-0.4, -0.2) is 4.98 Å². The van der Waals surface area contributed by atoms with Gasteiger partial charge >= 0.3 is 0 Å². The lowest BCUT2D eigenvalue weighted by Gasteiger charge is -2.01. The summed E-state index contributed by atoms with van der Waals surface area (Å²) in [7, 11) is 0. The summed E-state index contributed by atoms with van der Waals surface area (Å²) in [5.74, 6) is 0. The summed E-state index contributed by atoms with van der Waals surface area (Å²) >= 11 is 7.13. The molecule has 0 aromatic heterocycles. The lowest BCUT2D eigenvalue weighted by molar-refractivity contribution is 1.35. The van der Waals surface area contributed by atoms with Gasteiger partial charge in [0.1, 0.15) is 4.60 Å². The van der Waals surface area contributed by atoms with E-state index in [2.05, 4.69) is 55.0 Å². The van der Waals surface area contributed by atoms with E-state index in [1.54, 1.807) is 0 Å². The Bertz CT molecular complexity index is 665. The van der Waals surface area contributed by atoms with Crippen molar-refractivity contribution >= 4 is 31.9 Å². The van der Waals surface area contributed by atoms with Crippen LogP contribution in [0.2, 0.25) is 0 Å². The third-order valence-corrected chi connectivity index (χ3v) is 4.06. The van der Waals surface area contributed by atoms with Crippen LogP contribution in [0.25, 0.3) is 22.4 Å². The Hall–Kier alpha value is -1.19. The van der Waals surface area contributed by atoms with Crippen LogP contribution in [0.4, 0.5) is 0 Å². The lowest BCUT2D eigenvalue weighted by Crippen LogP contribution is -1.77. The van der Waals surface area contributed by atoms with Gasteiger partial charge in [-0.15, -0.1) is 0 Å². The minimum absolute atomic E-state index is 0.885. The highest BCUT2D eigenvalue weighted by atomic mass is 79.9. The Kier molecular flexibility index (Phi) is 3.18. The van der Waals surface area contributed by atoms with E-state index in [9.17, 15) is 0 Å². The SMILES string of the molecule is Brc1ccccc2c(-c3ccccc3)c(Br)nc1-2. The quantitative estimate of drug-likeness (QED) is 0.566. The molecule has 1 aromatic carbocycles. The second-order valence-electron chi connectivity index (χ2n) is 3.97. The largest absolute Gasteiger partial charge is 0.239 e. The molecule has 0 atom stereocenters. The molecular weight excluding hydrogens is 354 g/mol. The van der Waals surface area contributed by atoms with Crippen LogP contribution in [0.3, 0.4) is 0 Å². The van der Waals surface area contributed by atoms with Crippen molar-refractivity contribution in [3.63, 3.8) is 0 Å². The van der Waals surface area contributed by atoms with Crippen molar-refractivity contribution in [2.75, 3.05) is 0 Å². The van der Waals surface area contributed by atoms with Crippen molar-refractivity contribution in [1.82, 2.24) is 4.98 Å². The van der Waals surface area contributed by atoms with Gasteiger partial charge in [0.2, 0.25) is 0 Å². The molecule has 0 amide bonds. The molecule has 0 N–H and O–H groups in total. The van der Waals surface area contributed by atoms with Gasteiger partial charge in [-0.25, -0.2) is 4.98 Å². The predicted molar refractivity (Wildman–Crippen MR) is 81.7 cm³/mol. The minimum Gasteiger partial charge on any atom is -0.239 e. The monoisotopic (exact) mass is 361 g/mol. The number of aromatic nitrogens is 1. The van der Waals surface area contributed by atoms with E-state index in [-0.39, 0.29) is 0 Å². The van der Waals surface area contributed by atoms with Crippen molar-refractivity contribution in [3.8, 4) is 22.4 Å². The Labute approximate surface area is 122 Å². The third kappa shape index (κ3) is 1.98. The fourth-order valence-electron chi connectivity index (χ4n) is 2.04. The highest BCUT2D eigenvalue weighted by Crippen LogP contribution is 2.41. The van der Waals surface area contributed by atoms with E-state index in [0.717, 1.165) is 25.9 Å². The maximum Gasteiger partial charge on any atom is 0.115 e. The topological polar surface area (TPSA) is 12.9 Å². The standard InChI is InChI=1S/C15H9Br2N/c16-12-9-5-4-8-11-13(15(17)18-14(11)12)10-6-2-1-3-7-10/h1-9H. The van der Waals surface area contributed by atoms with Crippen LogP contribution in [0.1, 0.15) is 0 Å². The zero-order valence-corrected chi connectivity index (χ0v) is 12.6. The van der Waals surface area contributed by atoms with Crippen molar-refractivity contribution in [2.24, 2.45) is 0 Å². The Morgan fingerprint density at radius 2 is 1.44 bits per heavy atom. The van der Waals surface area contributed by atoms with Crippen molar-refractivity contribution in [2.45, 2.75) is 0 Å². The number of fused-ring (bicyclic) bond motifs is 1. The number of hydrogen-bond acceptors (Lipinski definition) is 1. The maximum atomic E-state index is 4.60. The summed E-state index contributed by atoms with van der Waals surface area (Å²) in [5, 5.41) is 0. The normalized spacial score (nSPS) is 10.8. The number of hydrogen-bond donors (Lipinski definition) is 0. The van der Waals surface area contributed by atoms with E-state index in [0.29, 0.717) is 0 Å². The minimum atomic E-state index is 0.885. The molecule has 0 radical (unpaired) electrons. The first-order valence-electron chi connectivity index (χ1n) is 5.56. The predicted octanol–water partition coefficient (Wildman–Crippen LogP) is 5.38. The first-order valence-corrected chi connectivity index (χ1v) is 7.15. The van der Waals surface area contributed by atoms with Gasteiger partial charge in [-0.2, -0.15) is 0 Å². The summed E-state index contributed by atoms with van der Waals surface area (Å²) in [4.78, 5) is 4.60. The second-order valence-corrected chi connectivity index (χ2v) is 5.58. The first-order chi connectivity index (χ1) is 8.77. The molecule has 0 unspecified atom stereocenters. The van der Waals surface area contributed by atoms with Gasteiger partial charge in [-0.3, -0.25) is 0 Å². The van der Waals surface area contributed by atoms with Crippen LogP contribution >= 0.6 is 31.9 Å². The van der Waals surface area contributed by atoms with Crippen LogP contribution in [0, 0.1) is 0 Å². The highest BCUT2D eigenvalue weighted by Gasteiger charge is 2.18. The average molecular weight is 363 g/mol. The Balaban J connectivity index is 2.32. The highest BCUT2D eigenvalue weighted by molar-refractivity contribution is 9.11. The summed E-state index contributed by atoms with van der Waals surface area (Å²) in [5.41, 5.74) is 4.43. The molecule has 2 aliphatic rings. The fraction of sp³-hybridized carbons (Fsp3) is 0. The third-order valence-electron chi connectivity index (χ3n) is 2.85. The Morgan fingerprint density at radius 3 is 2.22 bits per heavy atom. The summed E-state index contributed by atoms with van der Waals surface area (Å²) in [6.07, 6.45) is 0. The molecule has 18 heavy (non-hydrogen) atoms. The van der Waals surface area contributed by atoms with Crippen molar-refractivity contribution < 1.29 is 0 Å². The van der Waals surface area contributed by atoms with Gasteiger partial charge in [0.15, 0.2) is 0 Å². The van der Waals surface area contributed by atoms with Gasteiger partial charge in [0.25, 0.3) is 0 Å². The molecule has 3 heteroatoms. The zero-order chi connectivity index (χ0) is 12.5. The summed E-state index contributed by atoms with van der Waals surface area (Å²) in [6, 6.07) is 18.5. The fourth-order valence-corrected chi connectivity index (χ4v) is 3.11. The zero-order valence-electron chi connectivity index (χ0n) is 9.40.